The SMILES string of the molecule is COCCN(Cc1cccc(C)c1)c1nccc(-c2ccc(Cl)cc2)n1. The molecule has 0 amide bonds. The molecule has 0 aliphatic rings. The minimum absolute atomic E-state index is 0.611. The third-order valence-corrected chi connectivity index (χ3v) is 4.34. The van der Waals surface area contributed by atoms with Gasteiger partial charge in [-0.05, 0) is 30.7 Å². The van der Waals surface area contributed by atoms with Crippen molar-refractivity contribution in [3.8, 4) is 11.3 Å². The first-order valence-corrected chi connectivity index (χ1v) is 8.92. The van der Waals surface area contributed by atoms with Crippen molar-refractivity contribution < 1.29 is 4.74 Å². The molecule has 0 radical (unpaired) electrons. The summed E-state index contributed by atoms with van der Waals surface area (Å²) in [6.07, 6.45) is 1.79. The zero-order chi connectivity index (χ0) is 18.4. The van der Waals surface area contributed by atoms with Gasteiger partial charge in [0.2, 0.25) is 5.95 Å². The summed E-state index contributed by atoms with van der Waals surface area (Å²) in [5.74, 6) is 0.691. The molecular formula is C21H22ClN3O. The molecule has 0 aliphatic heterocycles. The van der Waals surface area contributed by atoms with Gasteiger partial charge in [0, 0.05) is 37.0 Å². The highest BCUT2D eigenvalue weighted by Gasteiger charge is 2.12. The van der Waals surface area contributed by atoms with Gasteiger partial charge in [-0.3, -0.25) is 0 Å². The van der Waals surface area contributed by atoms with Gasteiger partial charge in [0.05, 0.1) is 12.3 Å². The van der Waals surface area contributed by atoms with Crippen LogP contribution in [-0.4, -0.2) is 30.2 Å². The highest BCUT2D eigenvalue weighted by molar-refractivity contribution is 6.30. The molecule has 0 saturated heterocycles. The van der Waals surface area contributed by atoms with Crippen LogP contribution in [-0.2, 0) is 11.3 Å². The van der Waals surface area contributed by atoms with Crippen LogP contribution in [0, 0.1) is 6.92 Å². The van der Waals surface area contributed by atoms with Crippen LogP contribution in [0.2, 0.25) is 5.02 Å². The molecule has 0 unspecified atom stereocenters. The number of rotatable bonds is 7. The molecule has 4 nitrogen and oxygen atoms in total. The zero-order valence-corrected chi connectivity index (χ0v) is 15.8. The third-order valence-electron chi connectivity index (χ3n) is 4.09. The number of hydrogen-bond acceptors (Lipinski definition) is 4. The fraction of sp³-hybridized carbons (Fsp3) is 0.238. The van der Waals surface area contributed by atoms with Gasteiger partial charge >= 0.3 is 0 Å². The van der Waals surface area contributed by atoms with E-state index in [1.807, 2.05) is 30.3 Å². The number of halogens is 1. The standard InChI is InChI=1S/C21H22ClN3O/c1-16-4-3-5-17(14-16)15-25(12-13-26-2)21-23-11-10-20(24-21)18-6-8-19(22)9-7-18/h3-11,14H,12-13,15H2,1-2H3. The van der Waals surface area contributed by atoms with E-state index in [0.717, 1.165) is 17.8 Å². The summed E-state index contributed by atoms with van der Waals surface area (Å²) < 4.78 is 5.27. The summed E-state index contributed by atoms with van der Waals surface area (Å²) in [5.41, 5.74) is 4.35. The predicted octanol–water partition coefficient (Wildman–Crippen LogP) is 4.76. The molecule has 1 aromatic heterocycles. The Bertz CT molecular complexity index is 852. The van der Waals surface area contributed by atoms with E-state index in [9.17, 15) is 0 Å². The van der Waals surface area contributed by atoms with Crippen LogP contribution in [0.5, 0.6) is 0 Å². The molecule has 3 aromatic rings. The molecule has 0 aliphatic carbocycles. The molecule has 0 N–H and O–H groups in total. The molecule has 0 saturated carbocycles. The predicted molar refractivity (Wildman–Crippen MR) is 107 cm³/mol. The van der Waals surface area contributed by atoms with Crippen molar-refractivity contribution >= 4 is 17.5 Å². The number of hydrogen-bond donors (Lipinski definition) is 0. The second kappa shape index (κ2) is 8.79. The Balaban J connectivity index is 1.88. The minimum Gasteiger partial charge on any atom is -0.383 e. The maximum absolute atomic E-state index is 5.99. The number of aromatic nitrogens is 2. The fourth-order valence-corrected chi connectivity index (χ4v) is 2.89. The highest BCUT2D eigenvalue weighted by Crippen LogP contribution is 2.22. The monoisotopic (exact) mass is 367 g/mol. The van der Waals surface area contributed by atoms with E-state index in [1.165, 1.54) is 11.1 Å². The summed E-state index contributed by atoms with van der Waals surface area (Å²) in [4.78, 5) is 11.4. The van der Waals surface area contributed by atoms with Crippen LogP contribution in [0.15, 0.2) is 60.8 Å². The number of anilines is 1. The molecule has 3 rings (SSSR count). The van der Waals surface area contributed by atoms with Crippen LogP contribution in [0.1, 0.15) is 11.1 Å². The maximum atomic E-state index is 5.99. The maximum Gasteiger partial charge on any atom is 0.226 e. The molecule has 0 bridgehead atoms. The average Bonchev–Trinajstić information content (AvgIpc) is 2.66. The third kappa shape index (κ3) is 4.81. The Labute approximate surface area is 159 Å². The summed E-state index contributed by atoms with van der Waals surface area (Å²) in [6, 6.07) is 18.1. The Kier molecular flexibility index (Phi) is 6.21. The van der Waals surface area contributed by atoms with Gasteiger partial charge in [0.15, 0.2) is 0 Å². The topological polar surface area (TPSA) is 38.2 Å². The van der Waals surface area contributed by atoms with Gasteiger partial charge < -0.3 is 9.64 Å². The van der Waals surface area contributed by atoms with Crippen molar-refractivity contribution in [2.45, 2.75) is 13.5 Å². The van der Waals surface area contributed by atoms with Crippen LogP contribution >= 0.6 is 11.6 Å². The van der Waals surface area contributed by atoms with Gasteiger partial charge in [0.1, 0.15) is 0 Å². The van der Waals surface area contributed by atoms with Crippen LogP contribution in [0.25, 0.3) is 11.3 Å². The Hall–Kier alpha value is -2.43. The van der Waals surface area contributed by atoms with Gasteiger partial charge in [-0.15, -0.1) is 0 Å². The molecule has 26 heavy (non-hydrogen) atoms. The largest absolute Gasteiger partial charge is 0.383 e. The molecule has 5 heteroatoms. The number of benzene rings is 2. The summed E-state index contributed by atoms with van der Waals surface area (Å²) in [6.45, 7) is 4.16. The molecule has 0 spiro atoms. The number of nitrogens with zero attached hydrogens (tertiary/aromatic N) is 3. The van der Waals surface area contributed by atoms with Crippen molar-refractivity contribution in [2.75, 3.05) is 25.2 Å². The van der Waals surface area contributed by atoms with E-state index >= 15 is 0 Å². The van der Waals surface area contributed by atoms with Gasteiger partial charge in [-0.1, -0.05) is 53.6 Å². The Morgan fingerprint density at radius 1 is 1.08 bits per heavy atom. The van der Waals surface area contributed by atoms with E-state index in [1.54, 1.807) is 13.3 Å². The van der Waals surface area contributed by atoms with Crippen molar-refractivity contribution in [1.29, 1.82) is 0 Å². The van der Waals surface area contributed by atoms with Gasteiger partial charge in [-0.25, -0.2) is 9.97 Å². The van der Waals surface area contributed by atoms with Crippen molar-refractivity contribution in [3.05, 3.63) is 76.9 Å². The normalized spacial score (nSPS) is 10.7. The zero-order valence-electron chi connectivity index (χ0n) is 15.0. The lowest BCUT2D eigenvalue weighted by Crippen LogP contribution is -2.28. The van der Waals surface area contributed by atoms with Crippen LogP contribution < -0.4 is 4.90 Å². The lowest BCUT2D eigenvalue weighted by molar-refractivity contribution is 0.204. The minimum atomic E-state index is 0.611. The Morgan fingerprint density at radius 3 is 2.62 bits per heavy atom. The lowest BCUT2D eigenvalue weighted by Gasteiger charge is -2.23. The molecule has 0 atom stereocenters. The van der Waals surface area contributed by atoms with Crippen LogP contribution in [0.4, 0.5) is 5.95 Å². The van der Waals surface area contributed by atoms with Crippen molar-refractivity contribution in [3.63, 3.8) is 0 Å². The molecule has 0 fully saturated rings. The summed E-state index contributed by atoms with van der Waals surface area (Å²) in [5, 5.41) is 0.712. The second-order valence-corrected chi connectivity index (χ2v) is 6.59. The first-order chi connectivity index (χ1) is 12.7. The first kappa shape index (κ1) is 18.4. The second-order valence-electron chi connectivity index (χ2n) is 6.15. The first-order valence-electron chi connectivity index (χ1n) is 8.54. The number of methoxy groups -OCH3 is 1. The van der Waals surface area contributed by atoms with Gasteiger partial charge in [-0.2, -0.15) is 0 Å². The lowest BCUT2D eigenvalue weighted by atomic mass is 10.1. The average molecular weight is 368 g/mol. The van der Waals surface area contributed by atoms with E-state index in [0.29, 0.717) is 24.1 Å². The smallest absolute Gasteiger partial charge is 0.226 e. The van der Waals surface area contributed by atoms with E-state index < -0.39 is 0 Å². The molecular weight excluding hydrogens is 346 g/mol. The molecule has 134 valence electrons. The molecule has 1 heterocycles. The van der Waals surface area contributed by atoms with E-state index in [2.05, 4.69) is 41.1 Å². The molecule has 2 aromatic carbocycles. The van der Waals surface area contributed by atoms with Gasteiger partial charge in [0.25, 0.3) is 0 Å². The van der Waals surface area contributed by atoms with Crippen molar-refractivity contribution in [1.82, 2.24) is 9.97 Å². The van der Waals surface area contributed by atoms with E-state index in [4.69, 9.17) is 21.3 Å². The highest BCUT2D eigenvalue weighted by atomic mass is 35.5. The van der Waals surface area contributed by atoms with Crippen molar-refractivity contribution in [2.24, 2.45) is 0 Å². The summed E-state index contributed by atoms with van der Waals surface area (Å²) in [7, 11) is 1.70. The van der Waals surface area contributed by atoms with Crippen LogP contribution in [0.3, 0.4) is 0 Å². The number of ether oxygens (including phenoxy) is 1. The fourth-order valence-electron chi connectivity index (χ4n) is 2.76. The summed E-state index contributed by atoms with van der Waals surface area (Å²) >= 11 is 5.99. The Morgan fingerprint density at radius 2 is 1.88 bits per heavy atom. The quantitative estimate of drug-likeness (QED) is 0.603. The van der Waals surface area contributed by atoms with E-state index in [-0.39, 0.29) is 0 Å². The number of aryl methyl sites for hydroxylation is 1.